The first kappa shape index (κ1) is 34.5. The molecule has 1 atom stereocenters. The number of likely N-dealkylation sites (tertiary alicyclic amines) is 1. The Balaban J connectivity index is 1.08. The lowest BCUT2D eigenvalue weighted by molar-refractivity contribution is -0.141. The number of rotatable bonds is 12. The topological polar surface area (TPSA) is 139 Å². The number of aryl methyl sites for hydroxylation is 2. The third-order valence-corrected chi connectivity index (χ3v) is 9.24. The molecule has 3 heterocycles. The van der Waals surface area contributed by atoms with E-state index in [0.717, 1.165) is 67.7 Å². The zero-order valence-electron chi connectivity index (χ0n) is 28.3. The number of benzene rings is 1. The van der Waals surface area contributed by atoms with Crippen molar-refractivity contribution in [3.05, 3.63) is 58.8 Å². The van der Waals surface area contributed by atoms with Crippen LogP contribution in [0.2, 0.25) is 0 Å². The van der Waals surface area contributed by atoms with Crippen molar-refractivity contribution in [2.75, 3.05) is 31.6 Å². The van der Waals surface area contributed by atoms with Gasteiger partial charge in [0.2, 0.25) is 0 Å². The fraction of sp³-hybridized carbons (Fsp3) is 0.611. The Labute approximate surface area is 277 Å². The molecule has 3 N–H and O–H groups in total. The van der Waals surface area contributed by atoms with Crippen molar-refractivity contribution in [1.29, 1.82) is 0 Å². The highest BCUT2D eigenvalue weighted by Crippen LogP contribution is 2.38. The number of pyridine rings is 1. The van der Waals surface area contributed by atoms with Crippen molar-refractivity contribution in [2.45, 2.75) is 109 Å². The molecule has 2 aliphatic heterocycles. The van der Waals surface area contributed by atoms with E-state index >= 15 is 0 Å². The van der Waals surface area contributed by atoms with Gasteiger partial charge in [0.05, 0.1) is 19.2 Å². The summed E-state index contributed by atoms with van der Waals surface area (Å²) in [6, 6.07) is 10.9. The molecule has 1 aromatic carbocycles. The van der Waals surface area contributed by atoms with E-state index in [1.54, 1.807) is 20.8 Å². The number of aliphatic carboxylic acids is 1. The second-order valence-electron chi connectivity index (χ2n) is 14.5. The highest BCUT2D eigenvalue weighted by molar-refractivity contribution is 5.80. The number of alkyl carbamates (subject to hydrolysis) is 1. The van der Waals surface area contributed by atoms with Crippen LogP contribution in [0.3, 0.4) is 0 Å². The van der Waals surface area contributed by atoms with Crippen LogP contribution in [0, 0.1) is 5.92 Å². The lowest BCUT2D eigenvalue weighted by Gasteiger charge is -2.49. The van der Waals surface area contributed by atoms with Crippen LogP contribution in [-0.2, 0) is 37.4 Å². The molecule has 47 heavy (non-hydrogen) atoms. The molecule has 0 spiro atoms. The number of carboxylic acid groups (broad SMARTS) is 1. The quantitative estimate of drug-likeness (QED) is 0.252. The fourth-order valence-corrected chi connectivity index (χ4v) is 6.37. The van der Waals surface area contributed by atoms with Crippen molar-refractivity contribution in [3.8, 4) is 0 Å². The van der Waals surface area contributed by atoms with Crippen LogP contribution in [0.4, 0.5) is 15.4 Å². The number of nitrogens with one attached hydrogen (secondary N) is 2. The van der Waals surface area contributed by atoms with Gasteiger partial charge in [-0.1, -0.05) is 44.2 Å². The molecule has 1 unspecified atom stereocenters. The number of ether oxygens (including phenoxy) is 3. The van der Waals surface area contributed by atoms with Crippen LogP contribution in [0.1, 0.15) is 95.0 Å². The molecule has 256 valence electrons. The number of amides is 2. The van der Waals surface area contributed by atoms with Gasteiger partial charge in [-0.15, -0.1) is 0 Å². The summed E-state index contributed by atoms with van der Waals surface area (Å²) in [6.07, 6.45) is 4.91. The van der Waals surface area contributed by atoms with Crippen LogP contribution in [0.15, 0.2) is 36.4 Å². The summed E-state index contributed by atoms with van der Waals surface area (Å²) < 4.78 is 17.4. The first-order valence-electron chi connectivity index (χ1n) is 17.0. The number of hydrogen-bond acceptors (Lipinski definition) is 8. The van der Waals surface area contributed by atoms with Crippen LogP contribution >= 0.6 is 0 Å². The van der Waals surface area contributed by atoms with Gasteiger partial charge in [-0.3, -0.25) is 4.90 Å². The SMILES string of the molecule is CC(C)c1ccc(C2(OC(=O)NC(CCOC3CC(CCc4ccc5c(n4)NCCC5)C3)C(=O)O)CN(C(=O)OC(C)(C)C)C2)cc1. The standard InChI is InChI=1S/C36H50N4O7/c1-23(2)25-9-12-27(13-10-25)36(21-40(22-36)34(44)47-35(3,4)5)46-33(43)39-30(32(41)42)16-18-45-29-19-24(20-29)8-14-28-15-11-26-7-6-17-37-31(26)38-28/h9-13,15,23-24,29-30H,6-8,14,16-22H2,1-5H3,(H,37,38)(H,39,43)(H,41,42). The Hall–Kier alpha value is -3.86. The maximum absolute atomic E-state index is 13.1. The predicted octanol–water partition coefficient (Wildman–Crippen LogP) is 6.01. The Morgan fingerprint density at radius 2 is 1.83 bits per heavy atom. The molecule has 2 fully saturated rings. The molecule has 0 radical (unpaired) electrons. The van der Waals surface area contributed by atoms with E-state index < -0.39 is 35.4 Å². The molecule has 1 saturated heterocycles. The number of carboxylic acids is 1. The Morgan fingerprint density at radius 3 is 2.49 bits per heavy atom. The summed E-state index contributed by atoms with van der Waals surface area (Å²) in [7, 11) is 0. The number of fused-ring (bicyclic) bond motifs is 1. The van der Waals surface area contributed by atoms with Gasteiger partial charge in [0.25, 0.3) is 0 Å². The van der Waals surface area contributed by atoms with E-state index in [0.29, 0.717) is 11.8 Å². The zero-order valence-corrected chi connectivity index (χ0v) is 28.3. The minimum absolute atomic E-state index is 0.0884. The normalized spacial score (nSPS) is 20.6. The van der Waals surface area contributed by atoms with Crippen LogP contribution < -0.4 is 10.6 Å². The van der Waals surface area contributed by atoms with Crippen molar-refractivity contribution >= 4 is 24.0 Å². The molecule has 0 bridgehead atoms. The van der Waals surface area contributed by atoms with Crippen LogP contribution in [0.5, 0.6) is 0 Å². The first-order chi connectivity index (χ1) is 22.3. The van der Waals surface area contributed by atoms with Gasteiger partial charge in [0.1, 0.15) is 17.5 Å². The first-order valence-corrected chi connectivity index (χ1v) is 17.0. The Kier molecular flexibility index (Phi) is 10.6. The maximum atomic E-state index is 13.1. The lowest BCUT2D eigenvalue weighted by atomic mass is 9.79. The number of hydrogen-bond donors (Lipinski definition) is 3. The van der Waals surface area contributed by atoms with Gasteiger partial charge in [0.15, 0.2) is 5.60 Å². The highest BCUT2D eigenvalue weighted by atomic mass is 16.6. The Bertz CT molecular complexity index is 1410. The number of anilines is 1. The van der Waals surface area contributed by atoms with E-state index in [1.807, 2.05) is 24.3 Å². The molecular weight excluding hydrogens is 600 g/mol. The van der Waals surface area contributed by atoms with E-state index in [-0.39, 0.29) is 32.2 Å². The molecule has 1 saturated carbocycles. The van der Waals surface area contributed by atoms with Gasteiger partial charge in [0, 0.05) is 25.3 Å². The van der Waals surface area contributed by atoms with E-state index in [1.165, 1.54) is 10.5 Å². The molecule has 11 heteroatoms. The summed E-state index contributed by atoms with van der Waals surface area (Å²) in [6.45, 7) is 10.9. The number of nitrogens with zero attached hydrogens (tertiary/aromatic N) is 2. The minimum atomic E-state index is -1.18. The molecule has 5 rings (SSSR count). The molecule has 1 aliphatic carbocycles. The summed E-state index contributed by atoms with van der Waals surface area (Å²) >= 11 is 0. The summed E-state index contributed by atoms with van der Waals surface area (Å²) in [5.74, 6) is 0.744. The van der Waals surface area contributed by atoms with Crippen molar-refractivity contribution < 1.29 is 33.7 Å². The predicted molar refractivity (Wildman–Crippen MR) is 178 cm³/mol. The smallest absolute Gasteiger partial charge is 0.410 e. The van der Waals surface area contributed by atoms with E-state index in [2.05, 4.69) is 36.6 Å². The molecule has 3 aliphatic rings. The number of carbonyl (C=O) groups excluding carboxylic acids is 2. The average Bonchev–Trinajstić information content (AvgIpc) is 2.97. The van der Waals surface area contributed by atoms with Crippen molar-refractivity contribution in [3.63, 3.8) is 0 Å². The zero-order chi connectivity index (χ0) is 33.8. The average molecular weight is 651 g/mol. The molecular formula is C36H50N4O7. The Morgan fingerprint density at radius 1 is 1.11 bits per heavy atom. The second kappa shape index (κ2) is 14.5. The van der Waals surface area contributed by atoms with Gasteiger partial charge in [-0.2, -0.15) is 0 Å². The highest BCUT2D eigenvalue weighted by Gasteiger charge is 2.51. The monoisotopic (exact) mass is 650 g/mol. The van der Waals surface area contributed by atoms with Crippen LogP contribution in [-0.4, -0.2) is 77.1 Å². The van der Waals surface area contributed by atoms with Crippen LogP contribution in [0.25, 0.3) is 0 Å². The summed E-state index contributed by atoms with van der Waals surface area (Å²) in [4.78, 5) is 44.1. The largest absolute Gasteiger partial charge is 0.480 e. The molecule has 2 aromatic rings. The van der Waals surface area contributed by atoms with Crippen molar-refractivity contribution in [1.82, 2.24) is 15.2 Å². The maximum Gasteiger partial charge on any atom is 0.410 e. The second-order valence-corrected chi connectivity index (χ2v) is 14.5. The van der Waals surface area contributed by atoms with Gasteiger partial charge in [-0.05, 0) is 93.9 Å². The number of carbonyl (C=O) groups is 3. The summed E-state index contributed by atoms with van der Waals surface area (Å²) in [5.41, 5.74) is 2.47. The minimum Gasteiger partial charge on any atom is -0.480 e. The van der Waals surface area contributed by atoms with Gasteiger partial charge >= 0.3 is 18.2 Å². The summed E-state index contributed by atoms with van der Waals surface area (Å²) in [5, 5.41) is 15.7. The fourth-order valence-electron chi connectivity index (χ4n) is 6.37. The van der Waals surface area contributed by atoms with Gasteiger partial charge < -0.3 is 30.0 Å². The third-order valence-electron chi connectivity index (χ3n) is 9.24. The van der Waals surface area contributed by atoms with Gasteiger partial charge in [-0.25, -0.2) is 19.4 Å². The van der Waals surface area contributed by atoms with E-state index in [4.69, 9.17) is 19.2 Å². The third kappa shape index (κ3) is 8.94. The molecule has 1 aromatic heterocycles. The lowest BCUT2D eigenvalue weighted by Crippen LogP contribution is -2.64. The number of aromatic nitrogens is 1. The molecule has 2 amide bonds. The molecule has 11 nitrogen and oxygen atoms in total. The van der Waals surface area contributed by atoms with E-state index in [9.17, 15) is 19.5 Å². The van der Waals surface area contributed by atoms with Crippen molar-refractivity contribution in [2.24, 2.45) is 5.92 Å².